The summed E-state index contributed by atoms with van der Waals surface area (Å²) in [6.07, 6.45) is 2.92. The van der Waals surface area contributed by atoms with Crippen LogP contribution >= 0.6 is 0 Å². The molecule has 0 spiro atoms. The van der Waals surface area contributed by atoms with E-state index in [0.29, 0.717) is 6.61 Å². The summed E-state index contributed by atoms with van der Waals surface area (Å²) < 4.78 is 8.28. The van der Waals surface area contributed by atoms with Crippen LogP contribution in [0, 0.1) is 6.92 Å². The lowest BCUT2D eigenvalue weighted by Crippen LogP contribution is -2.38. The summed E-state index contributed by atoms with van der Waals surface area (Å²) >= 11 is 0. The Morgan fingerprint density at radius 3 is 2.28 bits per heavy atom. The fourth-order valence-electron chi connectivity index (χ4n) is 3.37. The minimum Gasteiger partial charge on any atom is -0.373 e. The van der Waals surface area contributed by atoms with Crippen LogP contribution in [0.4, 0.5) is 0 Å². The first-order chi connectivity index (χ1) is 13.7. The number of rotatable bonds is 8. The van der Waals surface area contributed by atoms with Crippen LogP contribution in [0.25, 0.3) is 0 Å². The molecule has 3 aromatic rings. The van der Waals surface area contributed by atoms with Crippen molar-refractivity contribution in [3.63, 3.8) is 0 Å². The van der Waals surface area contributed by atoms with Crippen molar-refractivity contribution in [3.05, 3.63) is 83.2 Å². The normalized spacial score (nSPS) is 13.4. The van der Waals surface area contributed by atoms with E-state index in [2.05, 4.69) is 100 Å². The number of benzene rings is 2. The van der Waals surface area contributed by atoms with Gasteiger partial charge >= 0.3 is 0 Å². The van der Waals surface area contributed by atoms with Crippen molar-refractivity contribution in [3.8, 4) is 0 Å². The Morgan fingerprint density at radius 1 is 0.966 bits per heavy atom. The van der Waals surface area contributed by atoms with Crippen molar-refractivity contribution in [2.75, 3.05) is 6.61 Å². The zero-order chi connectivity index (χ0) is 21.1. The number of aryl methyl sites for hydroxylation is 1. The van der Waals surface area contributed by atoms with Crippen LogP contribution in [0.2, 0.25) is 0 Å². The first kappa shape index (κ1) is 21.3. The average molecular weight is 392 g/mol. The molecule has 0 radical (unpaired) electrons. The van der Waals surface area contributed by atoms with Crippen molar-refractivity contribution in [1.29, 1.82) is 0 Å². The summed E-state index contributed by atoms with van der Waals surface area (Å²) in [5.74, 6) is 0.208. The third-order valence-corrected chi connectivity index (χ3v) is 5.44. The molecule has 4 nitrogen and oxygen atoms in total. The summed E-state index contributed by atoms with van der Waals surface area (Å²) in [4.78, 5) is 0. The van der Waals surface area contributed by atoms with E-state index in [1.807, 2.05) is 16.9 Å². The van der Waals surface area contributed by atoms with Crippen molar-refractivity contribution in [1.82, 2.24) is 15.0 Å². The molecular weight excluding hydrogens is 358 g/mol. The van der Waals surface area contributed by atoms with E-state index in [0.717, 1.165) is 12.1 Å². The second-order valence-electron chi connectivity index (χ2n) is 9.24. The number of hydrogen-bond donors (Lipinski definition) is 0. The average Bonchev–Trinajstić information content (AvgIpc) is 3.20. The van der Waals surface area contributed by atoms with E-state index in [9.17, 15) is 0 Å². The predicted molar refractivity (Wildman–Crippen MR) is 118 cm³/mol. The molecule has 29 heavy (non-hydrogen) atoms. The minimum atomic E-state index is -0.286. The summed E-state index contributed by atoms with van der Waals surface area (Å²) in [5.41, 5.74) is 4.24. The van der Waals surface area contributed by atoms with Gasteiger partial charge in [-0.05, 0) is 45.7 Å². The smallest absolute Gasteiger partial charge is 0.0899 e. The number of aromatic nitrogens is 3. The van der Waals surface area contributed by atoms with Crippen molar-refractivity contribution in [2.24, 2.45) is 0 Å². The maximum absolute atomic E-state index is 6.35. The monoisotopic (exact) mass is 391 g/mol. The Hall–Kier alpha value is -2.46. The zero-order valence-corrected chi connectivity index (χ0v) is 18.5. The van der Waals surface area contributed by atoms with E-state index in [-0.39, 0.29) is 17.1 Å². The van der Waals surface area contributed by atoms with Gasteiger partial charge in [0.15, 0.2) is 0 Å². The standard InChI is InChI=1S/C25H33N3O/c1-19-12-14-21(15-13-19)16-25(5,6)29-18-24(3,4)28-17-23(26-27-28)20(2)22-10-8-7-9-11-22/h7-15,17,20H,16,18H2,1-6H3/t20-/m0/s1. The van der Waals surface area contributed by atoms with E-state index in [1.165, 1.54) is 16.7 Å². The molecule has 0 saturated carbocycles. The van der Waals surface area contributed by atoms with Gasteiger partial charge in [0.25, 0.3) is 0 Å². The summed E-state index contributed by atoms with van der Waals surface area (Å²) in [6, 6.07) is 19.1. The highest BCUT2D eigenvalue weighted by atomic mass is 16.5. The predicted octanol–water partition coefficient (Wildman–Crippen LogP) is 5.51. The van der Waals surface area contributed by atoms with Gasteiger partial charge in [0.1, 0.15) is 0 Å². The maximum atomic E-state index is 6.35. The third kappa shape index (κ3) is 5.54. The zero-order valence-electron chi connectivity index (χ0n) is 18.5. The second kappa shape index (κ2) is 8.50. The van der Waals surface area contributed by atoms with E-state index < -0.39 is 0 Å². The van der Waals surface area contributed by atoms with Gasteiger partial charge in [-0.1, -0.05) is 72.3 Å². The molecule has 0 amide bonds. The number of nitrogens with zero attached hydrogens (tertiary/aromatic N) is 3. The quantitative estimate of drug-likeness (QED) is 0.508. The third-order valence-electron chi connectivity index (χ3n) is 5.44. The Balaban J connectivity index is 1.64. The fourth-order valence-corrected chi connectivity index (χ4v) is 3.37. The molecule has 0 saturated heterocycles. The van der Waals surface area contributed by atoms with E-state index in [1.54, 1.807) is 0 Å². The Morgan fingerprint density at radius 2 is 1.62 bits per heavy atom. The van der Waals surface area contributed by atoms with Crippen LogP contribution in [0.3, 0.4) is 0 Å². The van der Waals surface area contributed by atoms with Gasteiger partial charge < -0.3 is 4.74 Å². The lowest BCUT2D eigenvalue weighted by atomic mass is 9.97. The summed E-state index contributed by atoms with van der Waals surface area (Å²) in [5, 5.41) is 8.85. The fraction of sp³-hybridized carbons (Fsp3) is 0.440. The maximum Gasteiger partial charge on any atom is 0.0899 e. The molecule has 0 N–H and O–H groups in total. The Labute approximate surface area is 174 Å². The van der Waals surface area contributed by atoms with E-state index >= 15 is 0 Å². The largest absolute Gasteiger partial charge is 0.373 e. The molecule has 0 aliphatic rings. The number of hydrogen-bond acceptors (Lipinski definition) is 3. The van der Waals surface area contributed by atoms with Crippen LogP contribution in [-0.2, 0) is 16.7 Å². The molecule has 1 aromatic heterocycles. The molecule has 4 heteroatoms. The molecule has 3 rings (SSSR count). The SMILES string of the molecule is Cc1ccc(CC(C)(C)OCC(C)(C)n2cc([C@@H](C)c3ccccc3)nn2)cc1. The molecule has 154 valence electrons. The van der Waals surface area contributed by atoms with Crippen LogP contribution in [0.1, 0.15) is 62.9 Å². The van der Waals surface area contributed by atoms with Gasteiger partial charge in [-0.15, -0.1) is 5.10 Å². The number of ether oxygens (including phenoxy) is 1. The molecule has 0 fully saturated rings. The van der Waals surface area contributed by atoms with Crippen LogP contribution < -0.4 is 0 Å². The molecule has 0 aliphatic heterocycles. The van der Waals surface area contributed by atoms with Gasteiger partial charge in [-0.3, -0.25) is 0 Å². The van der Waals surface area contributed by atoms with Crippen molar-refractivity contribution >= 4 is 0 Å². The van der Waals surface area contributed by atoms with Crippen LogP contribution in [-0.4, -0.2) is 27.2 Å². The van der Waals surface area contributed by atoms with Crippen molar-refractivity contribution in [2.45, 2.75) is 65.0 Å². The highest BCUT2D eigenvalue weighted by molar-refractivity contribution is 5.26. The molecule has 2 aromatic carbocycles. The summed E-state index contributed by atoms with van der Waals surface area (Å²) in [7, 11) is 0. The molecule has 1 atom stereocenters. The topological polar surface area (TPSA) is 39.9 Å². The minimum absolute atomic E-state index is 0.208. The van der Waals surface area contributed by atoms with Crippen LogP contribution in [0.15, 0.2) is 60.8 Å². The molecule has 0 aliphatic carbocycles. The molecule has 0 bridgehead atoms. The van der Waals surface area contributed by atoms with Gasteiger partial charge in [0.2, 0.25) is 0 Å². The first-order valence-corrected chi connectivity index (χ1v) is 10.3. The van der Waals surface area contributed by atoms with Crippen molar-refractivity contribution < 1.29 is 4.74 Å². The lowest BCUT2D eigenvalue weighted by molar-refractivity contribution is -0.0532. The molecule has 0 unspecified atom stereocenters. The molecular formula is C25H33N3O. The highest BCUT2D eigenvalue weighted by Gasteiger charge is 2.28. The summed E-state index contributed by atoms with van der Waals surface area (Å²) in [6.45, 7) is 13.4. The second-order valence-corrected chi connectivity index (χ2v) is 9.24. The van der Waals surface area contributed by atoms with Crippen LogP contribution in [0.5, 0.6) is 0 Å². The first-order valence-electron chi connectivity index (χ1n) is 10.3. The van der Waals surface area contributed by atoms with Gasteiger partial charge in [-0.2, -0.15) is 0 Å². The Bertz CT molecular complexity index is 911. The molecule has 1 heterocycles. The van der Waals surface area contributed by atoms with Gasteiger partial charge in [0.05, 0.1) is 23.4 Å². The Kier molecular flexibility index (Phi) is 6.23. The van der Waals surface area contributed by atoms with E-state index in [4.69, 9.17) is 4.74 Å². The lowest BCUT2D eigenvalue weighted by Gasteiger charge is -2.32. The highest BCUT2D eigenvalue weighted by Crippen LogP contribution is 2.25. The van der Waals surface area contributed by atoms with Gasteiger partial charge in [-0.25, -0.2) is 4.68 Å². The van der Waals surface area contributed by atoms with Gasteiger partial charge in [0, 0.05) is 18.5 Å².